The van der Waals surface area contributed by atoms with Crippen molar-refractivity contribution in [2.75, 3.05) is 6.61 Å². The third-order valence-corrected chi connectivity index (χ3v) is 3.50. The molecule has 2 N–H and O–H groups in total. The van der Waals surface area contributed by atoms with Crippen LogP contribution in [0.3, 0.4) is 0 Å². The van der Waals surface area contributed by atoms with Crippen LogP contribution in [0.25, 0.3) is 0 Å². The summed E-state index contributed by atoms with van der Waals surface area (Å²) >= 11 is 0. The number of ether oxygens (including phenoxy) is 2. The van der Waals surface area contributed by atoms with Crippen molar-refractivity contribution in [2.24, 2.45) is 5.41 Å². The fourth-order valence-electron chi connectivity index (χ4n) is 1.55. The summed E-state index contributed by atoms with van der Waals surface area (Å²) in [5.41, 5.74) is -3.09. The van der Waals surface area contributed by atoms with Crippen molar-refractivity contribution in [3.05, 3.63) is 0 Å². The lowest BCUT2D eigenvalue weighted by molar-refractivity contribution is -0.178. The largest absolute Gasteiger partial charge is 0.457 e. The first kappa shape index (κ1) is 20.9. The van der Waals surface area contributed by atoms with Gasteiger partial charge in [-0.15, -0.1) is 0 Å². The van der Waals surface area contributed by atoms with Crippen LogP contribution in [0, 0.1) is 5.41 Å². The van der Waals surface area contributed by atoms with Gasteiger partial charge in [0, 0.05) is 6.42 Å². The van der Waals surface area contributed by atoms with Crippen LogP contribution < -0.4 is 0 Å². The molecule has 0 fully saturated rings. The van der Waals surface area contributed by atoms with Gasteiger partial charge in [-0.3, -0.25) is 4.79 Å². The van der Waals surface area contributed by atoms with Gasteiger partial charge in [-0.25, -0.2) is 4.79 Å². The average Bonchev–Trinajstić information content (AvgIpc) is 2.32. The number of hydrogen-bond donors (Lipinski definition) is 2. The molecule has 0 aromatic heterocycles. The Morgan fingerprint density at radius 1 is 1.05 bits per heavy atom. The highest BCUT2D eigenvalue weighted by Crippen LogP contribution is 2.24. The molecule has 0 aliphatic heterocycles. The van der Waals surface area contributed by atoms with E-state index in [1.165, 1.54) is 13.8 Å². The molecule has 6 heteroatoms. The quantitative estimate of drug-likeness (QED) is 0.663. The molecule has 0 bridgehead atoms. The SMILES string of the molecule is CCC(C)(C)C(=O)OCC(=O)OC(CC(C)(C)O)C(C)(C)O. The molecule has 0 aliphatic rings. The lowest BCUT2D eigenvalue weighted by Gasteiger charge is -2.33. The number of aliphatic hydroxyl groups is 2. The summed E-state index contributed by atoms with van der Waals surface area (Å²) in [5.74, 6) is -1.23. The van der Waals surface area contributed by atoms with Crippen LogP contribution in [0.2, 0.25) is 0 Å². The summed E-state index contributed by atoms with van der Waals surface area (Å²) in [4.78, 5) is 23.6. The van der Waals surface area contributed by atoms with Gasteiger partial charge in [-0.2, -0.15) is 0 Å². The second-order valence-corrected chi connectivity index (χ2v) is 7.46. The van der Waals surface area contributed by atoms with Crippen molar-refractivity contribution in [2.45, 2.75) is 78.6 Å². The number of carbonyl (C=O) groups excluding carboxylic acids is 2. The third-order valence-electron chi connectivity index (χ3n) is 3.50. The Morgan fingerprint density at radius 3 is 1.91 bits per heavy atom. The molecular weight excluding hydrogens is 288 g/mol. The van der Waals surface area contributed by atoms with Crippen molar-refractivity contribution in [3.63, 3.8) is 0 Å². The molecule has 0 heterocycles. The van der Waals surface area contributed by atoms with Crippen molar-refractivity contribution >= 4 is 11.9 Å². The van der Waals surface area contributed by atoms with Crippen LogP contribution in [-0.2, 0) is 19.1 Å². The summed E-state index contributed by atoms with van der Waals surface area (Å²) in [7, 11) is 0. The van der Waals surface area contributed by atoms with E-state index in [0.717, 1.165) is 0 Å². The molecule has 0 spiro atoms. The number of hydrogen-bond acceptors (Lipinski definition) is 6. The van der Waals surface area contributed by atoms with Crippen LogP contribution >= 0.6 is 0 Å². The Bertz CT molecular complexity index is 386. The maximum Gasteiger partial charge on any atom is 0.344 e. The zero-order valence-corrected chi connectivity index (χ0v) is 14.7. The Kier molecular flexibility index (Phi) is 7.03. The van der Waals surface area contributed by atoms with E-state index in [1.807, 2.05) is 6.92 Å². The second-order valence-electron chi connectivity index (χ2n) is 7.46. The van der Waals surface area contributed by atoms with Gasteiger partial charge in [-0.05, 0) is 48.0 Å². The van der Waals surface area contributed by atoms with Crippen LogP contribution in [0.4, 0.5) is 0 Å². The molecule has 130 valence electrons. The summed E-state index contributed by atoms with van der Waals surface area (Å²) in [5, 5.41) is 19.9. The van der Waals surface area contributed by atoms with E-state index in [4.69, 9.17) is 9.47 Å². The minimum atomic E-state index is -1.32. The Balaban J connectivity index is 4.63. The molecule has 0 aromatic rings. The summed E-state index contributed by atoms with van der Waals surface area (Å²) < 4.78 is 10.1. The third kappa shape index (κ3) is 7.75. The molecule has 0 aromatic carbocycles. The van der Waals surface area contributed by atoms with Gasteiger partial charge in [0.15, 0.2) is 6.61 Å². The van der Waals surface area contributed by atoms with Gasteiger partial charge in [0.05, 0.1) is 16.6 Å². The van der Waals surface area contributed by atoms with Crippen molar-refractivity contribution in [1.82, 2.24) is 0 Å². The molecule has 0 amide bonds. The number of rotatable bonds is 8. The molecule has 0 radical (unpaired) electrons. The average molecular weight is 318 g/mol. The molecule has 22 heavy (non-hydrogen) atoms. The highest BCUT2D eigenvalue weighted by molar-refractivity contribution is 5.79. The first-order valence-corrected chi connectivity index (χ1v) is 7.50. The number of carbonyl (C=O) groups is 2. The topological polar surface area (TPSA) is 93.1 Å². The number of esters is 2. The molecule has 0 saturated heterocycles. The predicted octanol–water partition coefficient (Wildman–Crippen LogP) is 1.81. The minimum absolute atomic E-state index is 0.0661. The Hall–Kier alpha value is -1.14. The van der Waals surface area contributed by atoms with Gasteiger partial charge < -0.3 is 19.7 Å². The molecule has 0 rings (SSSR count). The maximum absolute atomic E-state index is 11.8. The van der Waals surface area contributed by atoms with E-state index < -0.39 is 41.3 Å². The minimum Gasteiger partial charge on any atom is -0.457 e. The fourth-order valence-corrected chi connectivity index (χ4v) is 1.55. The summed E-state index contributed by atoms with van der Waals surface area (Å²) in [6, 6.07) is 0. The first-order valence-electron chi connectivity index (χ1n) is 7.50. The smallest absolute Gasteiger partial charge is 0.344 e. The highest BCUT2D eigenvalue weighted by Gasteiger charge is 2.35. The zero-order chi connectivity index (χ0) is 17.8. The second kappa shape index (κ2) is 7.42. The van der Waals surface area contributed by atoms with Crippen LogP contribution in [0.5, 0.6) is 0 Å². The molecule has 6 nitrogen and oxygen atoms in total. The van der Waals surface area contributed by atoms with Gasteiger partial charge in [0.1, 0.15) is 6.10 Å². The van der Waals surface area contributed by atoms with Crippen LogP contribution in [-0.4, -0.2) is 46.1 Å². The van der Waals surface area contributed by atoms with E-state index in [9.17, 15) is 19.8 Å². The lowest BCUT2D eigenvalue weighted by atomic mass is 9.90. The summed E-state index contributed by atoms with van der Waals surface area (Å²) in [6.45, 7) is 10.9. The van der Waals surface area contributed by atoms with Crippen LogP contribution in [0.15, 0.2) is 0 Å². The fraction of sp³-hybridized carbons (Fsp3) is 0.875. The monoisotopic (exact) mass is 318 g/mol. The van der Waals surface area contributed by atoms with Gasteiger partial charge in [0.25, 0.3) is 0 Å². The molecule has 1 atom stereocenters. The van der Waals surface area contributed by atoms with Crippen molar-refractivity contribution < 1.29 is 29.3 Å². The van der Waals surface area contributed by atoms with Crippen molar-refractivity contribution in [1.29, 1.82) is 0 Å². The van der Waals surface area contributed by atoms with E-state index in [-0.39, 0.29) is 6.42 Å². The van der Waals surface area contributed by atoms with Crippen LogP contribution in [0.1, 0.15) is 61.3 Å². The Labute approximate surface area is 132 Å². The van der Waals surface area contributed by atoms with Gasteiger partial charge in [0.2, 0.25) is 0 Å². The van der Waals surface area contributed by atoms with E-state index >= 15 is 0 Å². The predicted molar refractivity (Wildman–Crippen MR) is 82.1 cm³/mol. The maximum atomic E-state index is 11.8. The van der Waals surface area contributed by atoms with E-state index in [0.29, 0.717) is 6.42 Å². The van der Waals surface area contributed by atoms with Gasteiger partial charge in [-0.1, -0.05) is 6.92 Å². The van der Waals surface area contributed by atoms with E-state index in [1.54, 1.807) is 27.7 Å². The Morgan fingerprint density at radius 2 is 1.55 bits per heavy atom. The molecule has 0 aliphatic carbocycles. The normalized spacial score (nSPS) is 14.4. The summed E-state index contributed by atoms with van der Waals surface area (Å²) in [6.07, 6.45) is -0.249. The lowest BCUT2D eigenvalue weighted by Crippen LogP contribution is -2.44. The molecule has 1 unspecified atom stereocenters. The van der Waals surface area contributed by atoms with Crippen molar-refractivity contribution in [3.8, 4) is 0 Å². The van der Waals surface area contributed by atoms with Gasteiger partial charge >= 0.3 is 11.9 Å². The molecular formula is C16H30O6. The first-order chi connectivity index (χ1) is 9.69. The van der Waals surface area contributed by atoms with E-state index in [2.05, 4.69) is 0 Å². The standard InChI is InChI=1S/C16H30O6/c1-8-14(2,3)13(18)21-10-12(17)22-11(16(6,7)20)9-15(4,5)19/h11,19-20H,8-10H2,1-7H3. The highest BCUT2D eigenvalue weighted by atomic mass is 16.6. The zero-order valence-electron chi connectivity index (χ0n) is 14.7. The molecule has 0 saturated carbocycles.